The standard InChI is InChI=1S/C24H34N2O4/c1-18-10-13-25(14-11-18)23(27)20-6-8-21(9-7-20)30-17-19-4-2-12-26(16-19)24(28)22-5-3-15-29-22/h6-9,18-19,22H,2-5,10-17H2,1H3/t19-,22-/m1/s1. The first-order valence-corrected chi connectivity index (χ1v) is 11.5. The highest BCUT2D eigenvalue weighted by Gasteiger charge is 2.31. The number of amides is 2. The summed E-state index contributed by atoms with van der Waals surface area (Å²) in [4.78, 5) is 29.2. The van der Waals surface area contributed by atoms with Crippen molar-refractivity contribution in [2.75, 3.05) is 39.4 Å². The minimum Gasteiger partial charge on any atom is -0.493 e. The summed E-state index contributed by atoms with van der Waals surface area (Å²) in [6.45, 7) is 6.79. The molecule has 0 unspecified atom stereocenters. The molecule has 0 saturated carbocycles. The molecule has 2 atom stereocenters. The second kappa shape index (κ2) is 9.82. The van der Waals surface area contributed by atoms with Gasteiger partial charge in [-0.3, -0.25) is 9.59 Å². The van der Waals surface area contributed by atoms with Crippen LogP contribution in [0.5, 0.6) is 5.75 Å². The molecular weight excluding hydrogens is 380 g/mol. The van der Waals surface area contributed by atoms with Gasteiger partial charge in [0.05, 0.1) is 6.61 Å². The molecule has 3 saturated heterocycles. The molecule has 6 nitrogen and oxygen atoms in total. The summed E-state index contributed by atoms with van der Waals surface area (Å²) in [7, 11) is 0. The maximum Gasteiger partial charge on any atom is 0.253 e. The van der Waals surface area contributed by atoms with Crippen molar-refractivity contribution >= 4 is 11.8 Å². The van der Waals surface area contributed by atoms with Gasteiger partial charge in [-0.25, -0.2) is 0 Å². The third kappa shape index (κ3) is 5.15. The van der Waals surface area contributed by atoms with E-state index in [1.165, 1.54) is 0 Å². The van der Waals surface area contributed by atoms with E-state index in [9.17, 15) is 9.59 Å². The van der Waals surface area contributed by atoms with Crippen LogP contribution in [-0.4, -0.2) is 67.1 Å². The summed E-state index contributed by atoms with van der Waals surface area (Å²) >= 11 is 0. The molecule has 0 radical (unpaired) electrons. The Labute approximate surface area is 179 Å². The van der Waals surface area contributed by atoms with E-state index >= 15 is 0 Å². The number of carbonyl (C=O) groups is 2. The number of ether oxygens (including phenoxy) is 2. The van der Waals surface area contributed by atoms with Gasteiger partial charge in [0.25, 0.3) is 11.8 Å². The van der Waals surface area contributed by atoms with Crippen LogP contribution in [-0.2, 0) is 9.53 Å². The Hall–Kier alpha value is -2.08. The summed E-state index contributed by atoms with van der Waals surface area (Å²) in [5.74, 6) is 2.08. The molecule has 3 aliphatic rings. The van der Waals surface area contributed by atoms with Crippen LogP contribution >= 0.6 is 0 Å². The smallest absolute Gasteiger partial charge is 0.253 e. The lowest BCUT2D eigenvalue weighted by molar-refractivity contribution is -0.143. The fourth-order valence-electron chi connectivity index (χ4n) is 4.68. The van der Waals surface area contributed by atoms with Gasteiger partial charge in [0, 0.05) is 44.3 Å². The van der Waals surface area contributed by atoms with Crippen molar-refractivity contribution in [1.29, 1.82) is 0 Å². The molecule has 0 N–H and O–H groups in total. The maximum atomic E-state index is 12.7. The van der Waals surface area contributed by atoms with E-state index in [4.69, 9.17) is 9.47 Å². The van der Waals surface area contributed by atoms with Crippen LogP contribution in [0.3, 0.4) is 0 Å². The monoisotopic (exact) mass is 414 g/mol. The lowest BCUT2D eigenvalue weighted by Gasteiger charge is -2.34. The maximum absolute atomic E-state index is 12.7. The first-order valence-electron chi connectivity index (χ1n) is 11.5. The van der Waals surface area contributed by atoms with E-state index in [-0.39, 0.29) is 17.9 Å². The van der Waals surface area contributed by atoms with E-state index in [2.05, 4.69) is 6.92 Å². The third-order valence-electron chi connectivity index (χ3n) is 6.69. The number of hydrogen-bond donors (Lipinski definition) is 0. The Morgan fingerprint density at radius 2 is 1.77 bits per heavy atom. The number of likely N-dealkylation sites (tertiary alicyclic amines) is 2. The molecule has 4 rings (SSSR count). The van der Waals surface area contributed by atoms with Crippen LogP contribution in [0.15, 0.2) is 24.3 Å². The molecular formula is C24H34N2O4. The highest BCUT2D eigenvalue weighted by Crippen LogP contribution is 2.23. The summed E-state index contributed by atoms with van der Waals surface area (Å²) in [5.41, 5.74) is 0.725. The number of hydrogen-bond acceptors (Lipinski definition) is 4. The molecule has 3 heterocycles. The van der Waals surface area contributed by atoms with Crippen LogP contribution < -0.4 is 4.74 Å². The van der Waals surface area contributed by atoms with Gasteiger partial charge < -0.3 is 19.3 Å². The molecule has 0 spiro atoms. The number of rotatable bonds is 5. The third-order valence-corrected chi connectivity index (χ3v) is 6.69. The first kappa shape index (κ1) is 21.2. The molecule has 6 heteroatoms. The molecule has 1 aromatic rings. The number of piperidine rings is 2. The van der Waals surface area contributed by atoms with Crippen molar-refractivity contribution in [1.82, 2.24) is 9.80 Å². The van der Waals surface area contributed by atoms with E-state index in [0.29, 0.717) is 25.0 Å². The largest absolute Gasteiger partial charge is 0.493 e. The summed E-state index contributed by atoms with van der Waals surface area (Å²) < 4.78 is 11.6. The van der Waals surface area contributed by atoms with Crippen LogP contribution in [0.4, 0.5) is 0 Å². The second-order valence-electron chi connectivity index (χ2n) is 9.10. The lowest BCUT2D eigenvalue weighted by Crippen LogP contribution is -2.45. The Morgan fingerprint density at radius 3 is 2.47 bits per heavy atom. The van der Waals surface area contributed by atoms with Gasteiger partial charge in [-0.1, -0.05) is 6.92 Å². The van der Waals surface area contributed by atoms with Crippen LogP contribution in [0.1, 0.15) is 55.8 Å². The van der Waals surface area contributed by atoms with Gasteiger partial charge in [0.1, 0.15) is 11.9 Å². The zero-order valence-corrected chi connectivity index (χ0v) is 18.1. The Bertz CT molecular complexity index is 721. The molecule has 0 aliphatic carbocycles. The van der Waals surface area contributed by atoms with Crippen molar-refractivity contribution in [2.45, 2.75) is 51.6 Å². The van der Waals surface area contributed by atoms with Gasteiger partial charge in [-0.05, 0) is 68.7 Å². The second-order valence-corrected chi connectivity index (χ2v) is 9.10. The quantitative estimate of drug-likeness (QED) is 0.741. The average Bonchev–Trinajstić information content (AvgIpc) is 3.33. The zero-order valence-electron chi connectivity index (χ0n) is 18.1. The number of benzene rings is 1. The highest BCUT2D eigenvalue weighted by atomic mass is 16.5. The van der Waals surface area contributed by atoms with E-state index in [1.54, 1.807) is 0 Å². The van der Waals surface area contributed by atoms with Crippen molar-refractivity contribution in [3.05, 3.63) is 29.8 Å². The van der Waals surface area contributed by atoms with Crippen molar-refractivity contribution in [2.24, 2.45) is 11.8 Å². The van der Waals surface area contributed by atoms with Crippen LogP contribution in [0.25, 0.3) is 0 Å². The lowest BCUT2D eigenvalue weighted by atomic mass is 9.98. The van der Waals surface area contributed by atoms with Gasteiger partial charge in [0.2, 0.25) is 0 Å². The Balaban J connectivity index is 1.25. The van der Waals surface area contributed by atoms with Crippen LogP contribution in [0, 0.1) is 11.8 Å². The molecule has 2 amide bonds. The zero-order chi connectivity index (χ0) is 20.9. The summed E-state index contributed by atoms with van der Waals surface area (Å²) in [6.07, 6.45) is 5.83. The van der Waals surface area contributed by atoms with E-state index < -0.39 is 0 Å². The minimum absolute atomic E-state index is 0.115. The minimum atomic E-state index is -0.238. The fraction of sp³-hybridized carbons (Fsp3) is 0.667. The van der Waals surface area contributed by atoms with Gasteiger partial charge >= 0.3 is 0 Å². The number of nitrogens with zero attached hydrogens (tertiary/aromatic N) is 2. The van der Waals surface area contributed by atoms with Gasteiger partial charge in [0.15, 0.2) is 0 Å². The predicted molar refractivity (Wildman–Crippen MR) is 115 cm³/mol. The molecule has 0 aromatic heterocycles. The first-order chi connectivity index (χ1) is 14.6. The Morgan fingerprint density at radius 1 is 1.00 bits per heavy atom. The molecule has 0 bridgehead atoms. The molecule has 3 aliphatic heterocycles. The normalized spacial score (nSPS) is 25.4. The van der Waals surface area contributed by atoms with Gasteiger partial charge in [-0.2, -0.15) is 0 Å². The SMILES string of the molecule is CC1CCN(C(=O)c2ccc(OC[C@@H]3CCCN(C(=O)[C@H]4CCCO4)C3)cc2)CC1. The van der Waals surface area contributed by atoms with Crippen LogP contribution in [0.2, 0.25) is 0 Å². The molecule has 164 valence electrons. The molecule has 3 fully saturated rings. The van der Waals surface area contributed by atoms with Crippen molar-refractivity contribution < 1.29 is 19.1 Å². The number of carbonyl (C=O) groups excluding carboxylic acids is 2. The predicted octanol–water partition coefficient (Wildman–Crippen LogP) is 3.36. The van der Waals surface area contributed by atoms with Gasteiger partial charge in [-0.15, -0.1) is 0 Å². The highest BCUT2D eigenvalue weighted by molar-refractivity contribution is 5.94. The molecule has 30 heavy (non-hydrogen) atoms. The average molecular weight is 415 g/mol. The van der Waals surface area contributed by atoms with Crippen molar-refractivity contribution in [3.63, 3.8) is 0 Å². The van der Waals surface area contributed by atoms with Crippen molar-refractivity contribution in [3.8, 4) is 5.75 Å². The Kier molecular flexibility index (Phi) is 6.93. The summed E-state index contributed by atoms with van der Waals surface area (Å²) in [6, 6.07) is 7.50. The fourth-order valence-corrected chi connectivity index (χ4v) is 4.68. The summed E-state index contributed by atoms with van der Waals surface area (Å²) in [5, 5.41) is 0. The van der Waals surface area contributed by atoms with E-state index in [0.717, 1.165) is 76.0 Å². The van der Waals surface area contributed by atoms with E-state index in [1.807, 2.05) is 34.1 Å². The topological polar surface area (TPSA) is 59.1 Å². The molecule has 1 aromatic carbocycles.